The number of amides is 1. The standard InChI is InChI=1S/C22H23NO/c1-16-10-12-19-17(2)15-22(3,4)23(20(19)14-16)21(24)13-11-18-8-6-5-7-9-18/h5-15H,1-4H3. The van der Waals surface area contributed by atoms with Gasteiger partial charge in [-0.15, -0.1) is 0 Å². The van der Waals surface area contributed by atoms with Gasteiger partial charge in [0.05, 0.1) is 11.2 Å². The number of hydrogen-bond donors (Lipinski definition) is 0. The van der Waals surface area contributed by atoms with Crippen LogP contribution in [0.15, 0.2) is 60.7 Å². The van der Waals surface area contributed by atoms with E-state index in [1.807, 2.05) is 41.3 Å². The molecule has 2 heteroatoms. The van der Waals surface area contributed by atoms with Crippen LogP contribution in [0.1, 0.15) is 37.5 Å². The number of aryl methyl sites for hydroxylation is 1. The molecule has 0 aliphatic carbocycles. The molecular weight excluding hydrogens is 294 g/mol. The van der Waals surface area contributed by atoms with Gasteiger partial charge in [-0.2, -0.15) is 0 Å². The molecule has 0 N–H and O–H groups in total. The van der Waals surface area contributed by atoms with Crippen molar-refractivity contribution in [2.75, 3.05) is 4.90 Å². The average molecular weight is 317 g/mol. The molecule has 2 aromatic carbocycles. The minimum Gasteiger partial charge on any atom is -0.299 e. The van der Waals surface area contributed by atoms with E-state index in [9.17, 15) is 4.79 Å². The summed E-state index contributed by atoms with van der Waals surface area (Å²) >= 11 is 0. The van der Waals surface area contributed by atoms with Crippen LogP contribution in [0, 0.1) is 6.92 Å². The Balaban J connectivity index is 2.01. The van der Waals surface area contributed by atoms with Gasteiger partial charge in [0.1, 0.15) is 0 Å². The highest BCUT2D eigenvalue weighted by atomic mass is 16.2. The topological polar surface area (TPSA) is 20.3 Å². The van der Waals surface area contributed by atoms with Gasteiger partial charge < -0.3 is 0 Å². The first kappa shape index (κ1) is 16.3. The number of anilines is 1. The minimum atomic E-state index is -0.358. The van der Waals surface area contributed by atoms with Crippen LogP contribution < -0.4 is 4.90 Å². The molecule has 0 unspecified atom stereocenters. The number of rotatable bonds is 2. The molecule has 0 spiro atoms. The monoisotopic (exact) mass is 317 g/mol. The molecule has 1 aliphatic rings. The van der Waals surface area contributed by atoms with E-state index in [0.29, 0.717) is 0 Å². The highest BCUT2D eigenvalue weighted by molar-refractivity contribution is 6.08. The van der Waals surface area contributed by atoms with Crippen molar-refractivity contribution in [1.29, 1.82) is 0 Å². The Kier molecular flexibility index (Phi) is 4.15. The van der Waals surface area contributed by atoms with Crippen molar-refractivity contribution in [3.63, 3.8) is 0 Å². The fourth-order valence-corrected chi connectivity index (χ4v) is 3.35. The van der Waals surface area contributed by atoms with E-state index < -0.39 is 0 Å². The zero-order chi connectivity index (χ0) is 17.3. The van der Waals surface area contributed by atoms with E-state index in [1.54, 1.807) is 6.08 Å². The highest BCUT2D eigenvalue weighted by Gasteiger charge is 2.34. The Morgan fingerprint density at radius 3 is 2.46 bits per heavy atom. The van der Waals surface area contributed by atoms with E-state index in [-0.39, 0.29) is 11.4 Å². The predicted molar refractivity (Wildman–Crippen MR) is 102 cm³/mol. The summed E-state index contributed by atoms with van der Waals surface area (Å²) in [5, 5.41) is 0. The van der Waals surface area contributed by atoms with Crippen molar-refractivity contribution < 1.29 is 4.79 Å². The number of carbonyl (C=O) groups is 1. The van der Waals surface area contributed by atoms with Crippen LogP contribution in [0.2, 0.25) is 0 Å². The molecule has 2 nitrogen and oxygen atoms in total. The third-order valence-electron chi connectivity index (χ3n) is 4.40. The molecule has 1 amide bonds. The van der Waals surface area contributed by atoms with Gasteiger partial charge in [0.2, 0.25) is 0 Å². The van der Waals surface area contributed by atoms with Crippen LogP contribution in [0.4, 0.5) is 5.69 Å². The number of fused-ring (bicyclic) bond motifs is 1. The van der Waals surface area contributed by atoms with Crippen LogP contribution in [0.25, 0.3) is 11.6 Å². The van der Waals surface area contributed by atoms with Crippen molar-refractivity contribution in [2.45, 2.75) is 33.2 Å². The van der Waals surface area contributed by atoms with Crippen molar-refractivity contribution in [2.24, 2.45) is 0 Å². The summed E-state index contributed by atoms with van der Waals surface area (Å²) in [5.41, 5.74) is 5.15. The molecule has 0 aromatic heterocycles. The highest BCUT2D eigenvalue weighted by Crippen LogP contribution is 2.39. The van der Waals surface area contributed by atoms with Crippen molar-refractivity contribution in [3.05, 3.63) is 77.4 Å². The van der Waals surface area contributed by atoms with Crippen LogP contribution in [0.5, 0.6) is 0 Å². The van der Waals surface area contributed by atoms with Gasteiger partial charge in [-0.05, 0) is 56.5 Å². The molecule has 0 bridgehead atoms. The lowest BCUT2D eigenvalue weighted by Gasteiger charge is -2.41. The van der Waals surface area contributed by atoms with Gasteiger partial charge >= 0.3 is 0 Å². The zero-order valence-electron chi connectivity index (χ0n) is 14.7. The fourth-order valence-electron chi connectivity index (χ4n) is 3.35. The fraction of sp³-hybridized carbons (Fsp3) is 0.227. The van der Waals surface area contributed by atoms with Crippen molar-refractivity contribution in [3.8, 4) is 0 Å². The second kappa shape index (κ2) is 6.12. The molecule has 1 heterocycles. The first-order valence-corrected chi connectivity index (χ1v) is 8.26. The summed E-state index contributed by atoms with van der Waals surface area (Å²) in [5.74, 6) is -0.000506. The molecule has 2 aromatic rings. The Morgan fingerprint density at radius 1 is 1.04 bits per heavy atom. The summed E-state index contributed by atoms with van der Waals surface area (Å²) in [6.07, 6.45) is 5.70. The van der Waals surface area contributed by atoms with Crippen LogP contribution >= 0.6 is 0 Å². The number of allylic oxidation sites excluding steroid dienone is 1. The number of hydrogen-bond acceptors (Lipinski definition) is 1. The largest absolute Gasteiger partial charge is 0.299 e. The van der Waals surface area contributed by atoms with Crippen molar-refractivity contribution in [1.82, 2.24) is 0 Å². The Morgan fingerprint density at radius 2 is 1.75 bits per heavy atom. The first-order valence-electron chi connectivity index (χ1n) is 8.26. The quantitative estimate of drug-likeness (QED) is 0.694. The lowest BCUT2D eigenvalue weighted by molar-refractivity contribution is -0.114. The number of nitrogens with zero attached hydrogens (tertiary/aromatic N) is 1. The first-order chi connectivity index (χ1) is 11.4. The molecular formula is C22H23NO. The van der Waals surface area contributed by atoms with Crippen LogP contribution in [-0.2, 0) is 4.79 Å². The molecule has 3 rings (SSSR count). The van der Waals surface area contributed by atoms with Gasteiger partial charge in [0.15, 0.2) is 0 Å². The smallest absolute Gasteiger partial charge is 0.251 e. The Bertz CT molecular complexity index is 828. The summed E-state index contributed by atoms with van der Waals surface area (Å²) < 4.78 is 0. The lowest BCUT2D eigenvalue weighted by atomic mass is 9.88. The minimum absolute atomic E-state index is 0.000506. The summed E-state index contributed by atoms with van der Waals surface area (Å²) in [4.78, 5) is 14.9. The third-order valence-corrected chi connectivity index (χ3v) is 4.40. The molecule has 0 radical (unpaired) electrons. The van der Waals surface area contributed by atoms with Gasteiger partial charge in [-0.25, -0.2) is 0 Å². The second-order valence-electron chi connectivity index (χ2n) is 6.92. The van der Waals surface area contributed by atoms with Crippen LogP contribution in [-0.4, -0.2) is 11.4 Å². The molecule has 1 aliphatic heterocycles. The van der Waals surface area contributed by atoms with E-state index in [1.165, 1.54) is 5.57 Å². The van der Waals surface area contributed by atoms with Gasteiger partial charge in [0, 0.05) is 11.6 Å². The summed E-state index contributed by atoms with van der Waals surface area (Å²) in [6.45, 7) is 8.33. The van der Waals surface area contributed by atoms with Gasteiger partial charge in [-0.3, -0.25) is 9.69 Å². The van der Waals surface area contributed by atoms with E-state index in [2.05, 4.69) is 52.0 Å². The predicted octanol–water partition coefficient (Wildman–Crippen LogP) is 5.24. The number of carbonyl (C=O) groups excluding carboxylic acids is 1. The SMILES string of the molecule is CC1=CC(C)(C)N(C(=O)C=Cc2ccccc2)c2cc(C)ccc21. The summed E-state index contributed by atoms with van der Waals surface area (Å²) in [6, 6.07) is 16.2. The van der Waals surface area contributed by atoms with E-state index in [4.69, 9.17) is 0 Å². The maximum absolute atomic E-state index is 13.0. The number of benzene rings is 2. The van der Waals surface area contributed by atoms with Crippen molar-refractivity contribution >= 4 is 23.2 Å². The average Bonchev–Trinajstić information content (AvgIpc) is 2.52. The lowest BCUT2D eigenvalue weighted by Crippen LogP contribution is -2.48. The van der Waals surface area contributed by atoms with Gasteiger partial charge in [-0.1, -0.05) is 48.5 Å². The molecule has 0 atom stereocenters. The second-order valence-corrected chi connectivity index (χ2v) is 6.92. The van der Waals surface area contributed by atoms with Gasteiger partial charge in [0.25, 0.3) is 5.91 Å². The summed E-state index contributed by atoms with van der Waals surface area (Å²) in [7, 11) is 0. The van der Waals surface area contributed by atoms with E-state index in [0.717, 1.165) is 22.4 Å². The molecule has 24 heavy (non-hydrogen) atoms. The third kappa shape index (κ3) is 3.05. The molecule has 0 fully saturated rings. The normalized spacial score (nSPS) is 16.0. The maximum Gasteiger partial charge on any atom is 0.251 e. The molecule has 122 valence electrons. The van der Waals surface area contributed by atoms with E-state index >= 15 is 0 Å². The Hall–Kier alpha value is -2.61. The maximum atomic E-state index is 13.0. The Labute approximate surface area is 144 Å². The van der Waals surface area contributed by atoms with Crippen LogP contribution in [0.3, 0.4) is 0 Å². The molecule has 0 saturated carbocycles. The zero-order valence-corrected chi connectivity index (χ0v) is 14.7. The molecule has 0 saturated heterocycles.